The highest BCUT2D eigenvalue weighted by molar-refractivity contribution is 7.71. The minimum Gasteiger partial charge on any atom is -0.388 e. The minimum absolute atomic E-state index is 0.0452. The zero-order valence-electron chi connectivity index (χ0n) is 9.74. The van der Waals surface area contributed by atoms with Crippen molar-refractivity contribution in [1.29, 1.82) is 0 Å². The summed E-state index contributed by atoms with van der Waals surface area (Å²) in [4.78, 5) is 0. The molecule has 3 rings (SSSR count). The Morgan fingerprint density at radius 1 is 1.53 bits per heavy atom. The molecular formula is C10H15N3O3S. The van der Waals surface area contributed by atoms with Gasteiger partial charge in [0.1, 0.15) is 18.0 Å². The zero-order chi connectivity index (χ0) is 12.2. The van der Waals surface area contributed by atoms with Crippen molar-refractivity contribution in [3.63, 3.8) is 0 Å². The van der Waals surface area contributed by atoms with Crippen LogP contribution < -0.4 is 0 Å². The van der Waals surface area contributed by atoms with Crippen molar-refractivity contribution in [1.82, 2.24) is 14.3 Å². The SMILES string of the molecule is Cc1nn([C@@H]2C[C@@H](O)[C@H]3OC[C@H]2O3)c(=S)n1C. The third kappa shape index (κ3) is 1.65. The summed E-state index contributed by atoms with van der Waals surface area (Å²) in [5.74, 6) is 0.852. The molecule has 2 saturated heterocycles. The normalized spacial score (nSPS) is 36.4. The van der Waals surface area contributed by atoms with E-state index >= 15 is 0 Å². The van der Waals surface area contributed by atoms with Gasteiger partial charge in [-0.1, -0.05) is 0 Å². The molecule has 1 aromatic heterocycles. The van der Waals surface area contributed by atoms with Gasteiger partial charge in [-0.15, -0.1) is 0 Å². The molecule has 0 saturated carbocycles. The highest BCUT2D eigenvalue weighted by atomic mass is 32.1. The summed E-state index contributed by atoms with van der Waals surface area (Å²) in [5.41, 5.74) is 0. The van der Waals surface area contributed by atoms with Crippen LogP contribution in [0.15, 0.2) is 0 Å². The molecule has 2 aliphatic rings. The molecule has 17 heavy (non-hydrogen) atoms. The van der Waals surface area contributed by atoms with E-state index < -0.39 is 12.4 Å². The summed E-state index contributed by atoms with van der Waals surface area (Å²) in [5, 5.41) is 14.3. The lowest BCUT2D eigenvalue weighted by atomic mass is 10.0. The number of nitrogens with zero attached hydrogens (tertiary/aromatic N) is 3. The molecule has 0 aliphatic carbocycles. The summed E-state index contributed by atoms with van der Waals surface area (Å²) in [6.07, 6.45) is -0.581. The van der Waals surface area contributed by atoms with Crippen molar-refractivity contribution in [2.24, 2.45) is 7.05 Å². The first-order valence-electron chi connectivity index (χ1n) is 5.65. The molecule has 4 atom stereocenters. The molecule has 2 fully saturated rings. The van der Waals surface area contributed by atoms with Gasteiger partial charge in [-0.3, -0.25) is 0 Å². The standard InChI is InChI=1S/C10H15N3O3S/c1-5-11-13(10(17)12(5)2)6-3-7(14)9-15-4-8(6)16-9/h6-9,14H,3-4H2,1-2H3/t6-,7-,8-,9+/m1/s1. The predicted octanol–water partition coefficient (Wildman–Crippen LogP) is 0.307. The Bertz CT molecular complexity index is 497. The maximum Gasteiger partial charge on any atom is 0.197 e. The molecule has 2 bridgehead atoms. The molecule has 3 heterocycles. The van der Waals surface area contributed by atoms with Crippen molar-refractivity contribution in [3.8, 4) is 0 Å². The van der Waals surface area contributed by atoms with Crippen molar-refractivity contribution in [3.05, 3.63) is 10.6 Å². The number of aliphatic hydroxyl groups is 1. The monoisotopic (exact) mass is 257 g/mol. The second-order valence-electron chi connectivity index (χ2n) is 4.58. The lowest BCUT2D eigenvalue weighted by molar-refractivity contribution is -0.166. The Morgan fingerprint density at radius 2 is 2.29 bits per heavy atom. The van der Waals surface area contributed by atoms with Gasteiger partial charge in [-0.05, 0) is 19.1 Å². The van der Waals surface area contributed by atoms with Crippen molar-refractivity contribution in [2.75, 3.05) is 6.61 Å². The molecule has 7 heteroatoms. The van der Waals surface area contributed by atoms with E-state index in [0.717, 1.165) is 5.82 Å². The van der Waals surface area contributed by atoms with E-state index in [1.807, 2.05) is 18.5 Å². The lowest BCUT2D eigenvalue weighted by Gasteiger charge is -2.30. The van der Waals surface area contributed by atoms with Gasteiger partial charge < -0.3 is 19.1 Å². The van der Waals surface area contributed by atoms with Gasteiger partial charge in [-0.2, -0.15) is 5.10 Å². The number of ether oxygens (including phenoxy) is 2. The lowest BCUT2D eigenvalue weighted by Crippen LogP contribution is -2.40. The Morgan fingerprint density at radius 3 is 2.94 bits per heavy atom. The molecule has 0 spiro atoms. The van der Waals surface area contributed by atoms with Crippen LogP contribution in [0.4, 0.5) is 0 Å². The number of aryl methyl sites for hydroxylation is 1. The molecule has 94 valence electrons. The van der Waals surface area contributed by atoms with E-state index in [-0.39, 0.29) is 12.1 Å². The summed E-state index contributed by atoms with van der Waals surface area (Å²) >= 11 is 5.33. The number of rotatable bonds is 1. The van der Waals surface area contributed by atoms with Crippen LogP contribution in [0, 0.1) is 11.7 Å². The van der Waals surface area contributed by atoms with Crippen molar-refractivity contribution in [2.45, 2.75) is 37.9 Å². The first kappa shape index (κ1) is 11.3. The van der Waals surface area contributed by atoms with E-state index in [1.54, 1.807) is 4.68 Å². The third-order valence-corrected chi connectivity index (χ3v) is 3.96. The van der Waals surface area contributed by atoms with Crippen molar-refractivity contribution < 1.29 is 14.6 Å². The van der Waals surface area contributed by atoms with Gasteiger partial charge in [-0.25, -0.2) is 4.68 Å². The molecule has 1 N–H and O–H groups in total. The fourth-order valence-corrected chi connectivity index (χ4v) is 2.69. The number of fused-ring (bicyclic) bond motifs is 2. The summed E-state index contributed by atoms with van der Waals surface area (Å²) in [7, 11) is 1.88. The van der Waals surface area contributed by atoms with Crippen LogP contribution in [-0.2, 0) is 16.5 Å². The first-order chi connectivity index (χ1) is 8.08. The van der Waals surface area contributed by atoms with E-state index in [4.69, 9.17) is 21.7 Å². The Balaban J connectivity index is 1.98. The summed E-state index contributed by atoms with van der Waals surface area (Å²) in [6, 6.07) is -0.0452. The Labute approximate surface area is 104 Å². The van der Waals surface area contributed by atoms with Gasteiger partial charge in [0.15, 0.2) is 11.1 Å². The first-order valence-corrected chi connectivity index (χ1v) is 6.06. The minimum atomic E-state index is -0.608. The second-order valence-corrected chi connectivity index (χ2v) is 4.95. The zero-order valence-corrected chi connectivity index (χ0v) is 10.6. The fraction of sp³-hybridized carbons (Fsp3) is 0.800. The van der Waals surface area contributed by atoms with Gasteiger partial charge in [0.2, 0.25) is 0 Å². The maximum absolute atomic E-state index is 9.86. The molecule has 6 nitrogen and oxygen atoms in total. The maximum atomic E-state index is 9.86. The fourth-order valence-electron chi connectivity index (χ4n) is 2.39. The molecular weight excluding hydrogens is 242 g/mol. The predicted molar refractivity (Wildman–Crippen MR) is 61.0 cm³/mol. The van der Waals surface area contributed by atoms with Gasteiger partial charge in [0.05, 0.1) is 12.6 Å². The van der Waals surface area contributed by atoms with E-state index in [1.165, 1.54) is 0 Å². The average molecular weight is 257 g/mol. The largest absolute Gasteiger partial charge is 0.388 e. The highest BCUT2D eigenvalue weighted by Gasteiger charge is 2.44. The smallest absolute Gasteiger partial charge is 0.197 e. The van der Waals surface area contributed by atoms with Crippen LogP contribution in [-0.4, -0.2) is 44.6 Å². The number of aromatic nitrogens is 3. The average Bonchev–Trinajstić information content (AvgIpc) is 2.84. The van der Waals surface area contributed by atoms with Gasteiger partial charge in [0, 0.05) is 13.5 Å². The quantitative estimate of drug-likeness (QED) is 0.734. The van der Waals surface area contributed by atoms with E-state index in [2.05, 4.69) is 5.10 Å². The highest BCUT2D eigenvalue weighted by Crippen LogP contribution is 2.34. The molecule has 2 aliphatic heterocycles. The van der Waals surface area contributed by atoms with Crippen LogP contribution in [0.1, 0.15) is 18.3 Å². The van der Waals surface area contributed by atoms with Crippen LogP contribution in [0.5, 0.6) is 0 Å². The Hall–Kier alpha value is -0.760. The third-order valence-electron chi connectivity index (χ3n) is 3.49. The van der Waals surface area contributed by atoms with Crippen LogP contribution in [0.3, 0.4) is 0 Å². The molecule has 0 aromatic carbocycles. The molecule has 1 aromatic rings. The topological polar surface area (TPSA) is 61.4 Å². The van der Waals surface area contributed by atoms with Crippen LogP contribution in [0.2, 0.25) is 0 Å². The Kier molecular flexibility index (Phi) is 2.58. The molecule has 0 amide bonds. The molecule has 0 radical (unpaired) electrons. The van der Waals surface area contributed by atoms with Crippen LogP contribution in [0.25, 0.3) is 0 Å². The summed E-state index contributed by atoms with van der Waals surface area (Å²) in [6.45, 7) is 2.39. The van der Waals surface area contributed by atoms with Crippen molar-refractivity contribution >= 4 is 12.2 Å². The number of aliphatic hydroxyl groups excluding tert-OH is 1. The molecule has 0 unspecified atom stereocenters. The number of hydrogen-bond acceptors (Lipinski definition) is 5. The second kappa shape index (κ2) is 3.88. The number of hydrogen-bond donors (Lipinski definition) is 1. The van der Waals surface area contributed by atoms with E-state index in [0.29, 0.717) is 17.8 Å². The van der Waals surface area contributed by atoms with Gasteiger partial charge >= 0.3 is 0 Å². The summed E-state index contributed by atoms with van der Waals surface area (Å²) < 4.78 is 15.2. The van der Waals surface area contributed by atoms with Crippen LogP contribution >= 0.6 is 12.2 Å². The van der Waals surface area contributed by atoms with Gasteiger partial charge in [0.25, 0.3) is 0 Å². The van der Waals surface area contributed by atoms with E-state index in [9.17, 15) is 5.11 Å².